The molecule has 0 amide bonds. The summed E-state index contributed by atoms with van der Waals surface area (Å²) in [5, 5.41) is 10.3. The van der Waals surface area contributed by atoms with Crippen molar-refractivity contribution in [2.24, 2.45) is 11.8 Å². The van der Waals surface area contributed by atoms with Gasteiger partial charge < -0.3 is 9.84 Å². The molecule has 200 valence electrons. The summed E-state index contributed by atoms with van der Waals surface area (Å²) in [6.45, 7) is 4.58. The van der Waals surface area contributed by atoms with E-state index in [-0.39, 0.29) is 41.4 Å². The van der Waals surface area contributed by atoms with Crippen LogP contribution in [0.5, 0.6) is 0 Å². The predicted octanol–water partition coefficient (Wildman–Crippen LogP) is 8.50. The van der Waals surface area contributed by atoms with E-state index in [0.29, 0.717) is 30.6 Å². The lowest BCUT2D eigenvalue weighted by Gasteiger charge is -2.32. The smallest absolute Gasteiger partial charge is 0.166 e. The van der Waals surface area contributed by atoms with Crippen LogP contribution in [0, 0.1) is 23.5 Å². The first-order valence-corrected chi connectivity index (χ1v) is 13.8. The maximum absolute atomic E-state index is 15.0. The molecule has 1 aliphatic heterocycles. The molecular formula is C32H39F3O2. The van der Waals surface area contributed by atoms with Crippen molar-refractivity contribution in [3.8, 4) is 0 Å². The minimum atomic E-state index is -0.805. The molecule has 0 aromatic heterocycles. The molecule has 2 nitrogen and oxygen atoms in total. The molecule has 0 bridgehead atoms. The van der Waals surface area contributed by atoms with Gasteiger partial charge in [-0.2, -0.15) is 0 Å². The minimum Gasteiger partial charge on any atom is -0.393 e. The number of aliphatic hydroxyl groups excluding tert-OH is 1. The van der Waals surface area contributed by atoms with Crippen molar-refractivity contribution in [2.75, 3.05) is 6.61 Å². The van der Waals surface area contributed by atoms with E-state index in [9.17, 15) is 13.9 Å². The van der Waals surface area contributed by atoms with Gasteiger partial charge in [-0.05, 0) is 86.8 Å². The van der Waals surface area contributed by atoms with Gasteiger partial charge in [0.1, 0.15) is 5.83 Å². The van der Waals surface area contributed by atoms with Gasteiger partial charge in [-0.1, -0.05) is 61.9 Å². The summed E-state index contributed by atoms with van der Waals surface area (Å²) in [6.07, 6.45) is 18.8. The van der Waals surface area contributed by atoms with E-state index in [1.807, 2.05) is 31.2 Å². The Balaban J connectivity index is 1.35. The Morgan fingerprint density at radius 1 is 1.16 bits per heavy atom. The van der Waals surface area contributed by atoms with E-state index in [1.54, 1.807) is 30.4 Å². The highest BCUT2D eigenvalue weighted by Gasteiger charge is 2.29. The van der Waals surface area contributed by atoms with Crippen LogP contribution in [-0.2, 0) is 4.74 Å². The quantitative estimate of drug-likeness (QED) is 0.252. The molecular weight excluding hydrogens is 473 g/mol. The Morgan fingerprint density at radius 3 is 2.54 bits per heavy atom. The first-order chi connectivity index (χ1) is 17.9. The van der Waals surface area contributed by atoms with Crippen LogP contribution < -0.4 is 0 Å². The standard InChI is InChI=1S/C32H39F3O2/c1-3-5-30(36)24-14-12-23(13-15-24)28-18-16-25(31(34)32(28)35)11-8-21-6-9-22(10-7-21)27(4-2)29(33)19-17-26-20-37-26/h4,6,8-11,16,18-19,21,23-24,26,30,36H,3,5,7,12-15,17,20H2,1-2H3/b11-8+,27-4-,29-19+. The molecule has 2 aliphatic carbocycles. The normalized spacial score (nSPS) is 27.5. The van der Waals surface area contributed by atoms with Gasteiger partial charge in [0, 0.05) is 11.1 Å². The summed E-state index contributed by atoms with van der Waals surface area (Å²) in [7, 11) is 0. The van der Waals surface area contributed by atoms with Gasteiger partial charge >= 0.3 is 0 Å². The Hall–Kier alpha value is -2.37. The van der Waals surface area contributed by atoms with E-state index in [2.05, 4.69) is 6.92 Å². The lowest BCUT2D eigenvalue weighted by atomic mass is 9.75. The Labute approximate surface area is 219 Å². The number of epoxide rings is 1. The molecule has 0 spiro atoms. The third kappa shape index (κ3) is 7.14. The molecule has 1 heterocycles. The van der Waals surface area contributed by atoms with Crippen molar-refractivity contribution in [3.05, 3.63) is 88.3 Å². The van der Waals surface area contributed by atoms with Crippen molar-refractivity contribution in [3.63, 3.8) is 0 Å². The van der Waals surface area contributed by atoms with Crippen LogP contribution in [0.15, 0.2) is 65.6 Å². The van der Waals surface area contributed by atoms with Crippen LogP contribution in [-0.4, -0.2) is 23.9 Å². The van der Waals surface area contributed by atoms with Gasteiger partial charge in [0.2, 0.25) is 0 Å². The second-order valence-corrected chi connectivity index (χ2v) is 10.6. The highest BCUT2D eigenvalue weighted by atomic mass is 19.2. The highest BCUT2D eigenvalue weighted by molar-refractivity contribution is 5.54. The summed E-state index contributed by atoms with van der Waals surface area (Å²) >= 11 is 0. The van der Waals surface area contributed by atoms with E-state index >= 15 is 4.39 Å². The molecule has 1 saturated heterocycles. The van der Waals surface area contributed by atoms with Gasteiger partial charge in [0.25, 0.3) is 0 Å². The van der Waals surface area contributed by atoms with Gasteiger partial charge in [-0.3, -0.25) is 0 Å². The Kier molecular flexibility index (Phi) is 9.66. The topological polar surface area (TPSA) is 32.8 Å². The average molecular weight is 513 g/mol. The van der Waals surface area contributed by atoms with Gasteiger partial charge in [-0.15, -0.1) is 0 Å². The van der Waals surface area contributed by atoms with Gasteiger partial charge in [0.05, 0.1) is 18.8 Å². The second kappa shape index (κ2) is 12.9. The summed E-state index contributed by atoms with van der Waals surface area (Å²) in [5.41, 5.74) is 2.08. The third-order valence-corrected chi connectivity index (χ3v) is 7.96. The second-order valence-electron chi connectivity index (χ2n) is 10.6. The van der Waals surface area contributed by atoms with E-state index in [1.165, 1.54) is 0 Å². The van der Waals surface area contributed by atoms with Crippen LogP contribution in [0.3, 0.4) is 0 Å². The number of hydrogen-bond acceptors (Lipinski definition) is 2. The predicted molar refractivity (Wildman–Crippen MR) is 144 cm³/mol. The van der Waals surface area contributed by atoms with Gasteiger partial charge in [0.15, 0.2) is 11.6 Å². The number of hydrogen-bond donors (Lipinski definition) is 1. The lowest BCUT2D eigenvalue weighted by Crippen LogP contribution is -2.25. The molecule has 1 aromatic carbocycles. The molecule has 3 atom stereocenters. The molecule has 37 heavy (non-hydrogen) atoms. The zero-order valence-corrected chi connectivity index (χ0v) is 21.9. The SMILES string of the molecule is C/C=C(C1=CCC(/C=C/c2ccc(C3CCC(C(O)CCC)CC3)c(F)c2F)C=C1)\C(F)=C/CC1CO1. The van der Waals surface area contributed by atoms with Crippen molar-refractivity contribution in [2.45, 2.75) is 83.3 Å². The lowest BCUT2D eigenvalue weighted by molar-refractivity contribution is 0.0727. The monoisotopic (exact) mass is 512 g/mol. The van der Waals surface area contributed by atoms with Crippen LogP contribution in [0.2, 0.25) is 0 Å². The first-order valence-electron chi connectivity index (χ1n) is 13.8. The van der Waals surface area contributed by atoms with Crippen LogP contribution in [0.1, 0.15) is 82.3 Å². The minimum absolute atomic E-state index is 0.00509. The number of halogens is 3. The van der Waals surface area contributed by atoms with Crippen molar-refractivity contribution < 1.29 is 23.0 Å². The molecule has 1 aromatic rings. The fourth-order valence-corrected chi connectivity index (χ4v) is 5.57. The molecule has 5 heteroatoms. The molecule has 3 aliphatic rings. The molecule has 3 unspecified atom stereocenters. The highest BCUT2D eigenvalue weighted by Crippen LogP contribution is 2.39. The maximum Gasteiger partial charge on any atom is 0.166 e. The van der Waals surface area contributed by atoms with E-state index in [0.717, 1.165) is 44.1 Å². The average Bonchev–Trinajstić information content (AvgIpc) is 3.74. The third-order valence-electron chi connectivity index (χ3n) is 7.96. The Bertz CT molecular complexity index is 1090. The summed E-state index contributed by atoms with van der Waals surface area (Å²) in [4.78, 5) is 0. The first kappa shape index (κ1) is 27.7. The zero-order valence-electron chi connectivity index (χ0n) is 21.9. The summed E-state index contributed by atoms with van der Waals surface area (Å²) < 4.78 is 49.7. The van der Waals surface area contributed by atoms with Crippen molar-refractivity contribution in [1.29, 1.82) is 0 Å². The zero-order chi connectivity index (χ0) is 26.4. The molecule has 1 N–H and O–H groups in total. The van der Waals surface area contributed by atoms with Crippen LogP contribution in [0.25, 0.3) is 6.08 Å². The molecule has 0 radical (unpaired) electrons. The largest absolute Gasteiger partial charge is 0.393 e. The Morgan fingerprint density at radius 2 is 1.92 bits per heavy atom. The number of ether oxygens (including phenoxy) is 1. The number of benzene rings is 1. The summed E-state index contributed by atoms with van der Waals surface area (Å²) in [5.74, 6) is -1.52. The van der Waals surface area contributed by atoms with E-state index < -0.39 is 11.6 Å². The fourth-order valence-electron chi connectivity index (χ4n) is 5.57. The van der Waals surface area contributed by atoms with Gasteiger partial charge in [-0.25, -0.2) is 13.2 Å². The van der Waals surface area contributed by atoms with Crippen molar-refractivity contribution in [1.82, 2.24) is 0 Å². The van der Waals surface area contributed by atoms with Crippen LogP contribution >= 0.6 is 0 Å². The fraction of sp³-hybridized carbons (Fsp3) is 0.500. The summed E-state index contributed by atoms with van der Waals surface area (Å²) in [6, 6.07) is 3.39. The molecule has 1 saturated carbocycles. The van der Waals surface area contributed by atoms with Crippen LogP contribution in [0.4, 0.5) is 13.2 Å². The van der Waals surface area contributed by atoms with E-state index in [4.69, 9.17) is 4.74 Å². The molecule has 2 fully saturated rings. The number of aliphatic hydroxyl groups is 1. The number of rotatable bonds is 10. The molecule has 4 rings (SSSR count). The number of allylic oxidation sites excluding steroid dienone is 8. The van der Waals surface area contributed by atoms with Crippen molar-refractivity contribution >= 4 is 6.08 Å². The maximum atomic E-state index is 15.0.